The van der Waals surface area contributed by atoms with Crippen LogP contribution < -0.4 is 10.5 Å². The standard InChI is InChI=1S/C14H20N2O3/c1-11(17)13-10-12(15)2-3-14(13)19-9-6-16-4-7-18-8-5-16/h2-3,10H,4-9,15H2,1H3. The summed E-state index contributed by atoms with van der Waals surface area (Å²) in [5.41, 5.74) is 6.80. The van der Waals surface area contributed by atoms with Crippen molar-refractivity contribution in [1.82, 2.24) is 4.90 Å². The number of Topliss-reactive ketones (excluding diaryl/α,β-unsaturated/α-hetero) is 1. The van der Waals surface area contributed by atoms with Crippen molar-refractivity contribution in [3.63, 3.8) is 0 Å². The van der Waals surface area contributed by atoms with Crippen molar-refractivity contribution in [2.24, 2.45) is 0 Å². The average molecular weight is 264 g/mol. The number of rotatable bonds is 5. The van der Waals surface area contributed by atoms with E-state index in [1.807, 2.05) is 0 Å². The van der Waals surface area contributed by atoms with E-state index in [-0.39, 0.29) is 5.78 Å². The zero-order valence-corrected chi connectivity index (χ0v) is 11.2. The summed E-state index contributed by atoms with van der Waals surface area (Å²) in [5, 5.41) is 0. The van der Waals surface area contributed by atoms with E-state index in [1.165, 1.54) is 6.92 Å². The lowest BCUT2D eigenvalue weighted by Gasteiger charge is -2.26. The van der Waals surface area contributed by atoms with Crippen LogP contribution >= 0.6 is 0 Å². The summed E-state index contributed by atoms with van der Waals surface area (Å²) in [6.07, 6.45) is 0. The predicted molar refractivity (Wildman–Crippen MR) is 73.6 cm³/mol. The Kier molecular flexibility index (Phi) is 4.76. The molecule has 19 heavy (non-hydrogen) atoms. The number of nitrogens with zero attached hydrogens (tertiary/aromatic N) is 1. The van der Waals surface area contributed by atoms with E-state index in [0.717, 1.165) is 32.8 Å². The minimum Gasteiger partial charge on any atom is -0.491 e. The molecular formula is C14H20N2O3. The van der Waals surface area contributed by atoms with Crippen LogP contribution in [0.1, 0.15) is 17.3 Å². The maximum absolute atomic E-state index is 11.5. The van der Waals surface area contributed by atoms with Gasteiger partial charge in [0.15, 0.2) is 5.78 Å². The van der Waals surface area contributed by atoms with Crippen LogP contribution in [0.25, 0.3) is 0 Å². The summed E-state index contributed by atoms with van der Waals surface area (Å²) >= 11 is 0. The molecule has 0 atom stereocenters. The molecule has 2 rings (SSSR count). The number of carbonyl (C=O) groups excluding carboxylic acids is 1. The summed E-state index contributed by atoms with van der Waals surface area (Å²) in [6.45, 7) is 6.34. The maximum Gasteiger partial charge on any atom is 0.163 e. The maximum atomic E-state index is 11.5. The molecule has 2 N–H and O–H groups in total. The van der Waals surface area contributed by atoms with Gasteiger partial charge in [0.1, 0.15) is 12.4 Å². The van der Waals surface area contributed by atoms with E-state index >= 15 is 0 Å². The highest BCUT2D eigenvalue weighted by Crippen LogP contribution is 2.21. The number of morpholine rings is 1. The monoisotopic (exact) mass is 264 g/mol. The molecule has 1 fully saturated rings. The van der Waals surface area contributed by atoms with Crippen LogP contribution in [0.3, 0.4) is 0 Å². The zero-order valence-electron chi connectivity index (χ0n) is 11.2. The summed E-state index contributed by atoms with van der Waals surface area (Å²) in [5.74, 6) is 0.573. The summed E-state index contributed by atoms with van der Waals surface area (Å²) in [4.78, 5) is 13.8. The molecule has 1 aromatic rings. The third kappa shape index (κ3) is 3.94. The van der Waals surface area contributed by atoms with Crippen LogP contribution in [0.5, 0.6) is 5.75 Å². The third-order valence-corrected chi connectivity index (χ3v) is 3.15. The molecule has 0 aliphatic carbocycles. The van der Waals surface area contributed by atoms with Crippen molar-refractivity contribution in [2.75, 3.05) is 45.2 Å². The molecule has 0 bridgehead atoms. The first-order chi connectivity index (χ1) is 9.16. The Bertz CT molecular complexity index is 442. The molecule has 1 aromatic carbocycles. The highest BCUT2D eigenvalue weighted by molar-refractivity contribution is 5.97. The fourth-order valence-electron chi connectivity index (χ4n) is 2.06. The van der Waals surface area contributed by atoms with Crippen LogP contribution in [0.2, 0.25) is 0 Å². The van der Waals surface area contributed by atoms with E-state index in [1.54, 1.807) is 18.2 Å². The number of carbonyl (C=O) groups is 1. The quantitative estimate of drug-likeness (QED) is 0.639. The normalized spacial score (nSPS) is 16.3. The number of nitrogens with two attached hydrogens (primary N) is 1. The summed E-state index contributed by atoms with van der Waals surface area (Å²) in [7, 11) is 0. The van der Waals surface area contributed by atoms with Crippen LogP contribution in [0.15, 0.2) is 18.2 Å². The van der Waals surface area contributed by atoms with Gasteiger partial charge in [-0.3, -0.25) is 9.69 Å². The van der Waals surface area contributed by atoms with E-state index < -0.39 is 0 Å². The molecule has 1 heterocycles. The van der Waals surface area contributed by atoms with Crippen molar-refractivity contribution >= 4 is 11.5 Å². The lowest BCUT2D eigenvalue weighted by molar-refractivity contribution is 0.0322. The van der Waals surface area contributed by atoms with Gasteiger partial charge in [-0.05, 0) is 25.1 Å². The fraction of sp³-hybridized carbons (Fsp3) is 0.500. The zero-order chi connectivity index (χ0) is 13.7. The van der Waals surface area contributed by atoms with Gasteiger partial charge in [-0.25, -0.2) is 0 Å². The molecule has 0 spiro atoms. The Labute approximate surface area is 113 Å². The molecule has 0 unspecified atom stereocenters. The Hall–Kier alpha value is -1.59. The number of hydrogen-bond donors (Lipinski definition) is 1. The Morgan fingerprint density at radius 2 is 2.16 bits per heavy atom. The van der Waals surface area contributed by atoms with Crippen molar-refractivity contribution < 1.29 is 14.3 Å². The number of anilines is 1. The van der Waals surface area contributed by atoms with E-state index in [0.29, 0.717) is 23.6 Å². The first-order valence-electron chi connectivity index (χ1n) is 6.50. The van der Waals surface area contributed by atoms with Gasteiger partial charge in [0.05, 0.1) is 18.8 Å². The minimum absolute atomic E-state index is 0.0336. The topological polar surface area (TPSA) is 64.8 Å². The van der Waals surface area contributed by atoms with E-state index in [9.17, 15) is 4.79 Å². The largest absolute Gasteiger partial charge is 0.491 e. The molecule has 0 radical (unpaired) electrons. The Morgan fingerprint density at radius 3 is 2.84 bits per heavy atom. The second kappa shape index (κ2) is 6.54. The second-order valence-electron chi connectivity index (χ2n) is 4.61. The van der Waals surface area contributed by atoms with Crippen molar-refractivity contribution in [2.45, 2.75) is 6.92 Å². The van der Waals surface area contributed by atoms with Crippen LogP contribution in [-0.2, 0) is 4.74 Å². The lowest BCUT2D eigenvalue weighted by Crippen LogP contribution is -2.38. The highest BCUT2D eigenvalue weighted by Gasteiger charge is 2.12. The molecule has 0 saturated carbocycles. The second-order valence-corrected chi connectivity index (χ2v) is 4.61. The lowest BCUT2D eigenvalue weighted by atomic mass is 10.1. The van der Waals surface area contributed by atoms with Crippen molar-refractivity contribution in [3.05, 3.63) is 23.8 Å². The SMILES string of the molecule is CC(=O)c1cc(N)ccc1OCCN1CCOCC1. The van der Waals surface area contributed by atoms with E-state index in [2.05, 4.69) is 4.90 Å². The Morgan fingerprint density at radius 1 is 1.42 bits per heavy atom. The molecule has 5 nitrogen and oxygen atoms in total. The van der Waals surface area contributed by atoms with Gasteiger partial charge in [0, 0.05) is 25.3 Å². The summed E-state index contributed by atoms with van der Waals surface area (Å²) < 4.78 is 11.0. The average Bonchev–Trinajstić information content (AvgIpc) is 2.41. The number of hydrogen-bond acceptors (Lipinski definition) is 5. The first-order valence-corrected chi connectivity index (χ1v) is 6.50. The van der Waals surface area contributed by atoms with Gasteiger partial charge in [-0.1, -0.05) is 0 Å². The molecular weight excluding hydrogens is 244 g/mol. The number of benzene rings is 1. The number of ether oxygens (including phenoxy) is 2. The van der Waals surface area contributed by atoms with Crippen LogP contribution in [0, 0.1) is 0 Å². The van der Waals surface area contributed by atoms with Gasteiger partial charge in [0.2, 0.25) is 0 Å². The van der Waals surface area contributed by atoms with Crippen molar-refractivity contribution in [1.29, 1.82) is 0 Å². The van der Waals surface area contributed by atoms with Gasteiger partial charge < -0.3 is 15.2 Å². The molecule has 1 aliphatic heterocycles. The minimum atomic E-state index is -0.0336. The van der Waals surface area contributed by atoms with Gasteiger partial charge in [0.25, 0.3) is 0 Å². The van der Waals surface area contributed by atoms with Gasteiger partial charge in [-0.2, -0.15) is 0 Å². The summed E-state index contributed by atoms with van der Waals surface area (Å²) in [6, 6.07) is 5.16. The molecule has 0 amide bonds. The smallest absolute Gasteiger partial charge is 0.163 e. The third-order valence-electron chi connectivity index (χ3n) is 3.15. The van der Waals surface area contributed by atoms with Gasteiger partial charge in [-0.15, -0.1) is 0 Å². The van der Waals surface area contributed by atoms with Crippen LogP contribution in [-0.4, -0.2) is 50.1 Å². The highest BCUT2D eigenvalue weighted by atomic mass is 16.5. The molecule has 1 saturated heterocycles. The number of nitrogen functional groups attached to an aromatic ring is 1. The van der Waals surface area contributed by atoms with Crippen LogP contribution in [0.4, 0.5) is 5.69 Å². The fourth-order valence-corrected chi connectivity index (χ4v) is 2.06. The molecule has 0 aromatic heterocycles. The van der Waals surface area contributed by atoms with E-state index in [4.69, 9.17) is 15.2 Å². The number of ketones is 1. The Balaban J connectivity index is 1.89. The molecule has 104 valence electrons. The molecule has 5 heteroatoms. The van der Waals surface area contributed by atoms with Gasteiger partial charge >= 0.3 is 0 Å². The first kappa shape index (κ1) is 13.8. The predicted octanol–water partition coefficient (Wildman–Crippen LogP) is 1.18. The van der Waals surface area contributed by atoms with Crippen molar-refractivity contribution in [3.8, 4) is 5.75 Å². The molecule has 1 aliphatic rings.